The molecule has 4 rings (SSSR count). The van der Waals surface area contributed by atoms with E-state index in [0.717, 1.165) is 32.6 Å². The first-order valence-electron chi connectivity index (χ1n) is 11.6. The lowest BCUT2D eigenvalue weighted by Gasteiger charge is -2.32. The lowest BCUT2D eigenvalue weighted by Crippen LogP contribution is -2.44. The molecule has 4 heterocycles. The number of nitrogens with one attached hydrogen (secondary N) is 1. The lowest BCUT2D eigenvalue weighted by molar-refractivity contribution is -0.192. The zero-order valence-electron chi connectivity index (χ0n) is 20.4. The van der Waals surface area contributed by atoms with Crippen LogP contribution in [0.2, 0.25) is 0 Å². The lowest BCUT2D eigenvalue weighted by atomic mass is 9.99. The van der Waals surface area contributed by atoms with Crippen molar-refractivity contribution in [3.63, 3.8) is 0 Å². The van der Waals surface area contributed by atoms with E-state index in [1.807, 2.05) is 9.47 Å². The fraction of sp³-hybridized carbons (Fsp3) is 0.591. The van der Waals surface area contributed by atoms with Crippen LogP contribution in [-0.4, -0.2) is 86.7 Å². The Kier molecular flexibility index (Phi) is 8.64. The molecule has 0 radical (unpaired) electrons. The molecule has 0 unspecified atom stereocenters. The highest BCUT2D eigenvalue weighted by Gasteiger charge is 2.38. The highest BCUT2D eigenvalue weighted by atomic mass is 19.4. The van der Waals surface area contributed by atoms with Crippen molar-refractivity contribution in [3.8, 4) is 11.8 Å². The van der Waals surface area contributed by atoms with Crippen LogP contribution in [0.1, 0.15) is 19.8 Å². The van der Waals surface area contributed by atoms with Crippen LogP contribution >= 0.6 is 0 Å². The van der Waals surface area contributed by atoms with E-state index in [1.54, 1.807) is 14.0 Å². The van der Waals surface area contributed by atoms with Gasteiger partial charge in [0.25, 0.3) is 5.56 Å². The van der Waals surface area contributed by atoms with Crippen molar-refractivity contribution in [1.82, 2.24) is 24.4 Å². The summed E-state index contributed by atoms with van der Waals surface area (Å²) in [5.74, 6) is 3.08. The molecule has 2 aromatic rings. The number of aliphatic carboxylic acids is 2. The molecule has 202 valence electrons. The SMILES string of the molecule is CC#CCn1c(N2CCNCC2)nc2nc(N3CCC[C@H](C(=O)O)C3)n(C)c(=O)c21.O=C(O)C(F)(F)F. The third kappa shape index (κ3) is 6.31. The molecule has 0 aromatic carbocycles. The summed E-state index contributed by atoms with van der Waals surface area (Å²) in [6.45, 7) is 6.44. The van der Waals surface area contributed by atoms with Crippen LogP contribution in [0, 0.1) is 17.8 Å². The normalized spacial score (nSPS) is 18.0. The predicted molar refractivity (Wildman–Crippen MR) is 128 cm³/mol. The van der Waals surface area contributed by atoms with Crippen molar-refractivity contribution in [2.24, 2.45) is 13.0 Å². The molecule has 2 aliphatic heterocycles. The minimum atomic E-state index is -5.08. The Balaban J connectivity index is 0.000000479. The Bertz CT molecular complexity index is 1270. The van der Waals surface area contributed by atoms with Gasteiger partial charge in [-0.05, 0) is 19.8 Å². The zero-order valence-corrected chi connectivity index (χ0v) is 20.4. The van der Waals surface area contributed by atoms with Crippen molar-refractivity contribution in [2.45, 2.75) is 32.5 Å². The summed E-state index contributed by atoms with van der Waals surface area (Å²) in [5.41, 5.74) is 0.626. The molecule has 2 saturated heterocycles. The summed E-state index contributed by atoms with van der Waals surface area (Å²) in [6.07, 6.45) is -3.70. The van der Waals surface area contributed by atoms with Crippen molar-refractivity contribution in [3.05, 3.63) is 10.4 Å². The van der Waals surface area contributed by atoms with Crippen LogP contribution in [0.3, 0.4) is 0 Å². The summed E-state index contributed by atoms with van der Waals surface area (Å²) in [6, 6.07) is 0. The minimum Gasteiger partial charge on any atom is -0.481 e. The van der Waals surface area contributed by atoms with E-state index in [9.17, 15) is 27.9 Å². The van der Waals surface area contributed by atoms with Gasteiger partial charge in [0.15, 0.2) is 11.2 Å². The van der Waals surface area contributed by atoms with Gasteiger partial charge < -0.3 is 25.3 Å². The van der Waals surface area contributed by atoms with Crippen molar-refractivity contribution in [1.29, 1.82) is 0 Å². The molecule has 2 aromatic heterocycles. The molecular weight excluding hydrogens is 499 g/mol. The van der Waals surface area contributed by atoms with Crippen LogP contribution in [0.25, 0.3) is 11.2 Å². The Morgan fingerprint density at radius 2 is 1.73 bits per heavy atom. The minimum absolute atomic E-state index is 0.195. The average molecular weight is 528 g/mol. The van der Waals surface area contributed by atoms with Gasteiger partial charge in [-0.25, -0.2) is 4.79 Å². The van der Waals surface area contributed by atoms with Gasteiger partial charge in [-0.1, -0.05) is 5.92 Å². The van der Waals surface area contributed by atoms with Gasteiger partial charge in [-0.2, -0.15) is 23.1 Å². The number of hydrogen-bond donors (Lipinski definition) is 3. The average Bonchev–Trinajstić information content (AvgIpc) is 3.23. The number of rotatable bonds is 4. The molecule has 12 nitrogen and oxygen atoms in total. The van der Waals surface area contributed by atoms with Crippen LogP contribution in [0.5, 0.6) is 0 Å². The maximum absolute atomic E-state index is 13.3. The number of hydrogen-bond acceptors (Lipinski definition) is 8. The Morgan fingerprint density at radius 1 is 1.11 bits per heavy atom. The van der Waals surface area contributed by atoms with Crippen LogP contribution in [0.4, 0.5) is 25.1 Å². The van der Waals surface area contributed by atoms with Gasteiger partial charge in [-0.15, -0.1) is 5.92 Å². The van der Waals surface area contributed by atoms with Gasteiger partial charge in [0.05, 0.1) is 12.5 Å². The molecule has 3 N–H and O–H groups in total. The van der Waals surface area contributed by atoms with E-state index < -0.39 is 24.0 Å². The summed E-state index contributed by atoms with van der Waals surface area (Å²) < 4.78 is 35.1. The zero-order chi connectivity index (χ0) is 27.3. The molecule has 0 amide bonds. The number of carboxylic acids is 2. The van der Waals surface area contributed by atoms with Crippen molar-refractivity contribution >= 4 is 35.0 Å². The van der Waals surface area contributed by atoms with E-state index >= 15 is 0 Å². The number of aromatic nitrogens is 4. The second-order valence-corrected chi connectivity index (χ2v) is 8.54. The number of carbonyl (C=O) groups is 2. The van der Waals surface area contributed by atoms with Crippen LogP contribution in [0.15, 0.2) is 4.79 Å². The predicted octanol–water partition coefficient (Wildman–Crippen LogP) is 0.497. The fourth-order valence-electron chi connectivity index (χ4n) is 4.19. The summed E-state index contributed by atoms with van der Waals surface area (Å²) >= 11 is 0. The number of piperazine rings is 1. The first kappa shape index (κ1) is 27.8. The maximum atomic E-state index is 13.3. The number of fused-ring (bicyclic) bond motifs is 1. The van der Waals surface area contributed by atoms with Gasteiger partial charge in [0.1, 0.15) is 0 Å². The number of anilines is 2. The molecule has 1 atom stereocenters. The van der Waals surface area contributed by atoms with Crippen molar-refractivity contribution < 1.29 is 33.0 Å². The topological polar surface area (TPSA) is 146 Å². The summed E-state index contributed by atoms with van der Waals surface area (Å²) in [5, 5.41) is 19.9. The third-order valence-corrected chi connectivity index (χ3v) is 6.05. The molecule has 15 heteroatoms. The Labute approximate surface area is 209 Å². The molecule has 0 aliphatic carbocycles. The highest BCUT2D eigenvalue weighted by Crippen LogP contribution is 2.25. The molecule has 0 spiro atoms. The van der Waals surface area contributed by atoms with Crippen LogP contribution < -0.4 is 20.7 Å². The first-order valence-corrected chi connectivity index (χ1v) is 11.6. The second-order valence-electron chi connectivity index (χ2n) is 8.54. The van der Waals surface area contributed by atoms with Gasteiger partial charge in [0, 0.05) is 46.3 Å². The Hall–Kier alpha value is -3.80. The van der Waals surface area contributed by atoms with Gasteiger partial charge in [-0.3, -0.25) is 18.7 Å². The second kappa shape index (κ2) is 11.5. The fourth-order valence-corrected chi connectivity index (χ4v) is 4.19. The molecule has 2 aliphatic rings. The Morgan fingerprint density at radius 3 is 2.30 bits per heavy atom. The number of imidazole rings is 1. The molecular formula is C22H28F3N7O5. The number of halogens is 3. The van der Waals surface area contributed by atoms with Gasteiger partial charge in [0.2, 0.25) is 11.9 Å². The van der Waals surface area contributed by atoms with Gasteiger partial charge >= 0.3 is 18.1 Å². The smallest absolute Gasteiger partial charge is 0.481 e. The van der Waals surface area contributed by atoms with E-state index in [0.29, 0.717) is 49.1 Å². The maximum Gasteiger partial charge on any atom is 0.490 e. The highest BCUT2D eigenvalue weighted by molar-refractivity contribution is 5.76. The number of piperidine rings is 1. The summed E-state index contributed by atoms with van der Waals surface area (Å²) in [4.78, 5) is 47.2. The number of nitrogens with zero attached hydrogens (tertiary/aromatic N) is 6. The van der Waals surface area contributed by atoms with E-state index in [1.165, 1.54) is 4.57 Å². The number of carboxylic acid groups (broad SMARTS) is 2. The van der Waals surface area contributed by atoms with Crippen molar-refractivity contribution in [2.75, 3.05) is 49.1 Å². The van der Waals surface area contributed by atoms with E-state index in [-0.39, 0.29) is 5.56 Å². The van der Waals surface area contributed by atoms with E-state index in [2.05, 4.69) is 22.1 Å². The molecule has 0 saturated carbocycles. The summed E-state index contributed by atoms with van der Waals surface area (Å²) in [7, 11) is 1.68. The van der Waals surface area contributed by atoms with Crippen LogP contribution in [-0.2, 0) is 23.2 Å². The number of alkyl halides is 3. The molecule has 37 heavy (non-hydrogen) atoms. The first-order chi connectivity index (χ1) is 17.5. The quantitative estimate of drug-likeness (QED) is 0.481. The largest absolute Gasteiger partial charge is 0.490 e. The monoisotopic (exact) mass is 527 g/mol. The molecule has 2 fully saturated rings. The third-order valence-electron chi connectivity index (χ3n) is 6.05. The van der Waals surface area contributed by atoms with E-state index in [4.69, 9.17) is 19.9 Å². The molecule has 0 bridgehead atoms. The standard InChI is InChI=1S/C20H27N7O3.C2HF3O2/c1-3-4-10-27-15-16(23-20(27)25-11-7-21-8-12-25)22-19(24(2)17(15)28)26-9-5-6-14(13-26)18(29)30;3-2(4,5)1(6)7/h14,21H,5-13H2,1-2H3,(H,29,30);(H,6,7)/t14-;/m0./s1.